The fourth-order valence-corrected chi connectivity index (χ4v) is 2.38. The molecular formula is C12H16ClOP. The number of hydrogen-bond acceptors (Lipinski definition) is 1. The monoisotopic (exact) mass is 242 g/mol. The van der Waals surface area contributed by atoms with Crippen molar-refractivity contribution in [1.82, 2.24) is 0 Å². The van der Waals surface area contributed by atoms with E-state index in [1.54, 1.807) is 0 Å². The first-order valence-electron chi connectivity index (χ1n) is 5.01. The highest BCUT2D eigenvalue weighted by Gasteiger charge is 2.09. The van der Waals surface area contributed by atoms with Gasteiger partial charge in [0, 0.05) is 26.1 Å². The minimum absolute atomic E-state index is 0.416. The van der Waals surface area contributed by atoms with Gasteiger partial charge in [-0.05, 0) is 31.0 Å². The van der Waals surface area contributed by atoms with Crippen LogP contribution in [0.2, 0.25) is 5.02 Å². The van der Waals surface area contributed by atoms with E-state index in [4.69, 9.17) is 16.1 Å². The van der Waals surface area contributed by atoms with Crippen LogP contribution in [-0.2, 0) is 4.52 Å². The standard InChI is InChI=1S/C12H16ClOP/c1-3-5-12(15-14-4-2)10-6-8-11(13)9-7-10/h3,6-9,12,15H,1,4-5H2,2H3. The van der Waals surface area contributed by atoms with Crippen molar-refractivity contribution in [3.05, 3.63) is 47.5 Å². The van der Waals surface area contributed by atoms with E-state index in [1.807, 2.05) is 25.1 Å². The Labute approximate surface area is 98.3 Å². The fourth-order valence-electron chi connectivity index (χ4n) is 1.30. The van der Waals surface area contributed by atoms with E-state index in [0.717, 1.165) is 18.1 Å². The first kappa shape index (κ1) is 12.7. The van der Waals surface area contributed by atoms with Gasteiger partial charge in [-0.1, -0.05) is 29.8 Å². The van der Waals surface area contributed by atoms with E-state index < -0.39 is 0 Å². The van der Waals surface area contributed by atoms with E-state index >= 15 is 0 Å². The van der Waals surface area contributed by atoms with E-state index in [9.17, 15) is 0 Å². The van der Waals surface area contributed by atoms with Crippen LogP contribution < -0.4 is 0 Å². The highest BCUT2D eigenvalue weighted by molar-refractivity contribution is 7.32. The first-order chi connectivity index (χ1) is 7.27. The highest BCUT2D eigenvalue weighted by atomic mass is 35.5. The van der Waals surface area contributed by atoms with Crippen molar-refractivity contribution >= 4 is 20.4 Å². The third-order valence-corrected chi connectivity index (χ3v) is 3.61. The Hall–Kier alpha value is -0.360. The molecule has 0 spiro atoms. The molecule has 15 heavy (non-hydrogen) atoms. The smallest absolute Gasteiger partial charge is 0.0477 e. The van der Waals surface area contributed by atoms with Gasteiger partial charge < -0.3 is 4.52 Å². The number of benzene rings is 1. The topological polar surface area (TPSA) is 9.23 Å². The summed E-state index contributed by atoms with van der Waals surface area (Å²) in [7, 11) is 0.490. The second kappa shape index (κ2) is 7.00. The van der Waals surface area contributed by atoms with Crippen LogP contribution in [0, 0.1) is 0 Å². The molecule has 0 heterocycles. The maximum absolute atomic E-state index is 5.85. The quantitative estimate of drug-likeness (QED) is 0.524. The minimum atomic E-state index is 0.416. The zero-order chi connectivity index (χ0) is 11.1. The average Bonchev–Trinajstić information content (AvgIpc) is 2.25. The van der Waals surface area contributed by atoms with Gasteiger partial charge in [0.25, 0.3) is 0 Å². The zero-order valence-electron chi connectivity index (χ0n) is 8.87. The summed E-state index contributed by atoms with van der Waals surface area (Å²) < 4.78 is 5.48. The van der Waals surface area contributed by atoms with Crippen molar-refractivity contribution in [3.63, 3.8) is 0 Å². The predicted octanol–water partition coefficient (Wildman–Crippen LogP) is 4.59. The minimum Gasteiger partial charge on any atom is -0.362 e. The zero-order valence-corrected chi connectivity index (χ0v) is 10.6. The van der Waals surface area contributed by atoms with Gasteiger partial charge in [0.1, 0.15) is 0 Å². The number of halogens is 1. The summed E-state index contributed by atoms with van der Waals surface area (Å²) in [4.78, 5) is 0. The van der Waals surface area contributed by atoms with Crippen LogP contribution in [0.5, 0.6) is 0 Å². The summed E-state index contributed by atoms with van der Waals surface area (Å²) in [6, 6.07) is 7.96. The molecule has 0 bridgehead atoms. The van der Waals surface area contributed by atoms with Crippen LogP contribution in [0.15, 0.2) is 36.9 Å². The van der Waals surface area contributed by atoms with Crippen LogP contribution in [0.4, 0.5) is 0 Å². The Bertz CT molecular complexity index is 297. The lowest BCUT2D eigenvalue weighted by molar-refractivity contribution is 0.384. The van der Waals surface area contributed by atoms with Gasteiger partial charge in [0.05, 0.1) is 0 Å². The molecule has 1 aromatic carbocycles. The molecule has 0 aromatic heterocycles. The van der Waals surface area contributed by atoms with Crippen LogP contribution in [0.25, 0.3) is 0 Å². The van der Waals surface area contributed by atoms with Gasteiger partial charge in [0.2, 0.25) is 0 Å². The molecule has 0 amide bonds. The van der Waals surface area contributed by atoms with E-state index in [0.29, 0.717) is 14.5 Å². The first-order valence-corrected chi connectivity index (χ1v) is 6.38. The largest absolute Gasteiger partial charge is 0.362 e. The van der Waals surface area contributed by atoms with Crippen LogP contribution >= 0.6 is 20.4 Å². The summed E-state index contributed by atoms with van der Waals surface area (Å²) in [5.41, 5.74) is 1.69. The highest BCUT2D eigenvalue weighted by Crippen LogP contribution is 2.38. The molecule has 0 aliphatic carbocycles. The van der Waals surface area contributed by atoms with Crippen molar-refractivity contribution in [2.45, 2.75) is 19.0 Å². The second-order valence-corrected chi connectivity index (χ2v) is 4.84. The lowest BCUT2D eigenvalue weighted by Crippen LogP contribution is -1.92. The van der Waals surface area contributed by atoms with Gasteiger partial charge >= 0.3 is 0 Å². The second-order valence-electron chi connectivity index (χ2n) is 3.18. The van der Waals surface area contributed by atoms with Gasteiger partial charge in [-0.3, -0.25) is 0 Å². The van der Waals surface area contributed by atoms with Crippen molar-refractivity contribution in [2.75, 3.05) is 6.61 Å². The van der Waals surface area contributed by atoms with Gasteiger partial charge in [-0.25, -0.2) is 0 Å². The molecule has 3 heteroatoms. The third-order valence-electron chi connectivity index (χ3n) is 2.04. The van der Waals surface area contributed by atoms with Crippen LogP contribution in [-0.4, -0.2) is 6.61 Å². The molecule has 0 radical (unpaired) electrons. The SMILES string of the molecule is C=CCC(POCC)c1ccc(Cl)cc1. The molecule has 0 saturated carbocycles. The Kier molecular flexibility index (Phi) is 5.93. The Morgan fingerprint density at radius 1 is 1.47 bits per heavy atom. The van der Waals surface area contributed by atoms with Crippen molar-refractivity contribution in [3.8, 4) is 0 Å². The summed E-state index contributed by atoms with van der Waals surface area (Å²) in [5.74, 6) is 0. The third kappa shape index (κ3) is 4.34. The summed E-state index contributed by atoms with van der Waals surface area (Å²) in [6.07, 6.45) is 2.88. The number of allylic oxidation sites excluding steroid dienone is 1. The van der Waals surface area contributed by atoms with Crippen LogP contribution in [0.1, 0.15) is 24.6 Å². The molecule has 1 aromatic rings. The molecule has 0 aliphatic rings. The molecule has 0 saturated heterocycles. The number of hydrogen-bond donors (Lipinski definition) is 0. The lowest BCUT2D eigenvalue weighted by atomic mass is 10.1. The molecule has 0 aliphatic heterocycles. The van der Waals surface area contributed by atoms with Gasteiger partial charge in [0.15, 0.2) is 0 Å². The maximum atomic E-state index is 5.85. The van der Waals surface area contributed by atoms with E-state index in [1.165, 1.54) is 5.56 Å². The molecule has 0 N–H and O–H groups in total. The molecule has 82 valence electrons. The van der Waals surface area contributed by atoms with E-state index in [-0.39, 0.29) is 0 Å². The average molecular weight is 243 g/mol. The fraction of sp³-hybridized carbons (Fsp3) is 0.333. The number of rotatable bonds is 6. The summed E-state index contributed by atoms with van der Waals surface area (Å²) in [5, 5.41) is 0.774. The summed E-state index contributed by atoms with van der Waals surface area (Å²) in [6.45, 7) is 6.55. The Morgan fingerprint density at radius 2 is 2.13 bits per heavy atom. The van der Waals surface area contributed by atoms with E-state index in [2.05, 4.69) is 18.7 Å². The predicted molar refractivity (Wildman–Crippen MR) is 68.9 cm³/mol. The maximum Gasteiger partial charge on any atom is 0.0477 e. The van der Waals surface area contributed by atoms with Crippen molar-refractivity contribution in [2.24, 2.45) is 0 Å². The van der Waals surface area contributed by atoms with Crippen molar-refractivity contribution in [1.29, 1.82) is 0 Å². The van der Waals surface area contributed by atoms with Crippen molar-refractivity contribution < 1.29 is 4.52 Å². The molecule has 2 unspecified atom stereocenters. The Morgan fingerprint density at radius 3 is 2.67 bits per heavy atom. The lowest BCUT2D eigenvalue weighted by Gasteiger charge is -2.14. The van der Waals surface area contributed by atoms with Crippen LogP contribution in [0.3, 0.4) is 0 Å². The molecule has 1 nitrogen and oxygen atoms in total. The van der Waals surface area contributed by atoms with Gasteiger partial charge in [-0.15, -0.1) is 6.58 Å². The molecular weight excluding hydrogens is 227 g/mol. The summed E-state index contributed by atoms with van der Waals surface area (Å²) >= 11 is 5.85. The molecule has 0 fully saturated rings. The normalized spacial score (nSPS) is 13.2. The Balaban J connectivity index is 2.69. The molecule has 2 atom stereocenters. The molecule has 1 rings (SSSR count). The van der Waals surface area contributed by atoms with Gasteiger partial charge in [-0.2, -0.15) is 0 Å².